The molecule has 0 aliphatic carbocycles. The zero-order valence-electron chi connectivity index (χ0n) is 8.76. The fourth-order valence-electron chi connectivity index (χ4n) is 1.42. The molecular formula is C12H13NO2S. The lowest BCUT2D eigenvalue weighted by atomic mass is 10.2. The molecule has 16 heavy (non-hydrogen) atoms. The number of hydrogen-bond acceptors (Lipinski definition) is 4. The molecular weight excluding hydrogens is 222 g/mol. The summed E-state index contributed by atoms with van der Waals surface area (Å²) in [5, 5.41) is 20.9. The summed E-state index contributed by atoms with van der Waals surface area (Å²) in [4.78, 5) is 4.47. The summed E-state index contributed by atoms with van der Waals surface area (Å²) in [6, 6.07) is 7.02. The summed E-state index contributed by atoms with van der Waals surface area (Å²) < 4.78 is 0. The monoisotopic (exact) mass is 235 g/mol. The summed E-state index contributed by atoms with van der Waals surface area (Å²) in [5.74, 6) is 0.265. The lowest BCUT2D eigenvalue weighted by Crippen LogP contribution is -1.89. The molecule has 4 heteroatoms. The number of benzene rings is 1. The Kier molecular flexibility index (Phi) is 3.54. The van der Waals surface area contributed by atoms with Crippen LogP contribution in [0.15, 0.2) is 29.6 Å². The van der Waals surface area contributed by atoms with Crippen LogP contribution in [0.5, 0.6) is 5.75 Å². The van der Waals surface area contributed by atoms with Crippen LogP contribution in [0.4, 0.5) is 0 Å². The first-order valence-corrected chi connectivity index (χ1v) is 6.02. The van der Waals surface area contributed by atoms with E-state index in [1.165, 1.54) is 0 Å². The second-order valence-electron chi connectivity index (χ2n) is 3.52. The number of aromatic nitrogens is 1. The highest BCUT2D eigenvalue weighted by atomic mass is 32.1. The van der Waals surface area contributed by atoms with Gasteiger partial charge in [0.1, 0.15) is 10.8 Å². The molecule has 1 aromatic carbocycles. The minimum Gasteiger partial charge on any atom is -0.508 e. The van der Waals surface area contributed by atoms with Crippen LogP contribution in [0.2, 0.25) is 0 Å². The van der Waals surface area contributed by atoms with Crippen molar-refractivity contribution < 1.29 is 10.2 Å². The second-order valence-corrected chi connectivity index (χ2v) is 4.38. The Morgan fingerprint density at radius 3 is 2.62 bits per heavy atom. The Balaban J connectivity index is 2.15. The minimum absolute atomic E-state index is 0.200. The normalized spacial score (nSPS) is 10.6. The van der Waals surface area contributed by atoms with Crippen molar-refractivity contribution in [1.82, 2.24) is 4.98 Å². The van der Waals surface area contributed by atoms with Crippen LogP contribution in [-0.2, 0) is 6.42 Å². The molecule has 0 amide bonds. The topological polar surface area (TPSA) is 53.4 Å². The lowest BCUT2D eigenvalue weighted by Gasteiger charge is -1.96. The molecule has 84 valence electrons. The molecule has 0 aliphatic heterocycles. The fourth-order valence-corrected chi connectivity index (χ4v) is 2.28. The summed E-state index contributed by atoms with van der Waals surface area (Å²) in [6.07, 6.45) is 1.56. The number of rotatable bonds is 4. The van der Waals surface area contributed by atoms with E-state index in [0.29, 0.717) is 0 Å². The van der Waals surface area contributed by atoms with E-state index in [2.05, 4.69) is 4.98 Å². The molecule has 1 heterocycles. The van der Waals surface area contributed by atoms with Gasteiger partial charge in [-0.3, -0.25) is 0 Å². The van der Waals surface area contributed by atoms with E-state index in [9.17, 15) is 5.11 Å². The fraction of sp³-hybridized carbons (Fsp3) is 0.250. The van der Waals surface area contributed by atoms with Crippen molar-refractivity contribution in [2.45, 2.75) is 12.8 Å². The van der Waals surface area contributed by atoms with Gasteiger partial charge in [-0.25, -0.2) is 4.98 Å². The SMILES string of the molecule is OCCCc1csc(-c2ccc(O)cc2)n1. The third kappa shape index (κ3) is 2.59. The summed E-state index contributed by atoms with van der Waals surface area (Å²) >= 11 is 1.58. The molecule has 0 saturated heterocycles. The maximum atomic E-state index is 9.18. The largest absolute Gasteiger partial charge is 0.508 e. The van der Waals surface area contributed by atoms with E-state index in [-0.39, 0.29) is 12.4 Å². The van der Waals surface area contributed by atoms with Crippen molar-refractivity contribution in [3.8, 4) is 16.3 Å². The van der Waals surface area contributed by atoms with Crippen LogP contribution in [-0.4, -0.2) is 21.8 Å². The standard InChI is InChI=1S/C12H13NO2S/c14-7-1-2-10-8-16-12(13-10)9-3-5-11(15)6-4-9/h3-6,8,14-15H,1-2,7H2. The lowest BCUT2D eigenvalue weighted by molar-refractivity contribution is 0.288. The molecule has 2 rings (SSSR count). The van der Waals surface area contributed by atoms with Gasteiger partial charge in [0.25, 0.3) is 0 Å². The third-order valence-electron chi connectivity index (χ3n) is 2.26. The van der Waals surface area contributed by atoms with Gasteiger partial charge in [-0.1, -0.05) is 0 Å². The van der Waals surface area contributed by atoms with Gasteiger partial charge in [-0.15, -0.1) is 11.3 Å². The smallest absolute Gasteiger partial charge is 0.123 e. The molecule has 0 radical (unpaired) electrons. The van der Waals surface area contributed by atoms with Crippen molar-refractivity contribution in [3.63, 3.8) is 0 Å². The van der Waals surface area contributed by atoms with Crippen molar-refractivity contribution in [1.29, 1.82) is 0 Å². The highest BCUT2D eigenvalue weighted by Gasteiger charge is 2.04. The van der Waals surface area contributed by atoms with Gasteiger partial charge in [-0.05, 0) is 37.1 Å². The minimum atomic E-state index is 0.200. The van der Waals surface area contributed by atoms with Gasteiger partial charge in [0, 0.05) is 17.6 Å². The average Bonchev–Trinajstić information content (AvgIpc) is 2.76. The van der Waals surface area contributed by atoms with Gasteiger partial charge in [0.05, 0.1) is 5.69 Å². The summed E-state index contributed by atoms with van der Waals surface area (Å²) in [6.45, 7) is 0.200. The first-order valence-electron chi connectivity index (χ1n) is 5.14. The number of aliphatic hydroxyl groups is 1. The first kappa shape index (κ1) is 11.1. The highest BCUT2D eigenvalue weighted by Crippen LogP contribution is 2.25. The maximum Gasteiger partial charge on any atom is 0.123 e. The van der Waals surface area contributed by atoms with Crippen molar-refractivity contribution in [2.75, 3.05) is 6.61 Å². The van der Waals surface area contributed by atoms with Gasteiger partial charge in [0.15, 0.2) is 0 Å². The highest BCUT2D eigenvalue weighted by molar-refractivity contribution is 7.13. The Labute approximate surface area is 98.0 Å². The molecule has 0 atom stereocenters. The Hall–Kier alpha value is -1.39. The van der Waals surface area contributed by atoms with E-state index in [0.717, 1.165) is 29.1 Å². The quantitative estimate of drug-likeness (QED) is 0.855. The molecule has 0 bridgehead atoms. The molecule has 2 aromatic rings. The van der Waals surface area contributed by atoms with Crippen molar-refractivity contribution in [2.24, 2.45) is 0 Å². The number of phenolic OH excluding ortho intramolecular Hbond substituents is 1. The number of aliphatic hydroxyl groups excluding tert-OH is 1. The number of nitrogens with zero attached hydrogens (tertiary/aromatic N) is 1. The first-order chi connectivity index (χ1) is 7.79. The summed E-state index contributed by atoms with van der Waals surface area (Å²) in [7, 11) is 0. The molecule has 0 saturated carbocycles. The summed E-state index contributed by atoms with van der Waals surface area (Å²) in [5.41, 5.74) is 2.03. The van der Waals surface area contributed by atoms with Gasteiger partial charge >= 0.3 is 0 Å². The molecule has 2 N–H and O–H groups in total. The van der Waals surface area contributed by atoms with E-state index in [1.54, 1.807) is 23.5 Å². The Morgan fingerprint density at radius 1 is 1.19 bits per heavy atom. The number of aromatic hydroxyl groups is 1. The zero-order valence-corrected chi connectivity index (χ0v) is 9.57. The predicted molar refractivity (Wildman–Crippen MR) is 64.6 cm³/mol. The maximum absolute atomic E-state index is 9.18. The molecule has 0 fully saturated rings. The Bertz CT molecular complexity index is 450. The third-order valence-corrected chi connectivity index (χ3v) is 3.20. The van der Waals surface area contributed by atoms with Crippen LogP contribution in [0.25, 0.3) is 10.6 Å². The molecule has 0 aliphatic rings. The van der Waals surface area contributed by atoms with Gasteiger partial charge < -0.3 is 10.2 Å². The van der Waals surface area contributed by atoms with Gasteiger partial charge in [0.2, 0.25) is 0 Å². The average molecular weight is 235 g/mol. The van der Waals surface area contributed by atoms with E-state index >= 15 is 0 Å². The van der Waals surface area contributed by atoms with Crippen molar-refractivity contribution in [3.05, 3.63) is 35.3 Å². The van der Waals surface area contributed by atoms with Crippen LogP contribution in [0.1, 0.15) is 12.1 Å². The van der Waals surface area contributed by atoms with Crippen molar-refractivity contribution >= 4 is 11.3 Å². The molecule has 0 spiro atoms. The zero-order chi connectivity index (χ0) is 11.4. The van der Waals surface area contributed by atoms with Crippen LogP contribution in [0.3, 0.4) is 0 Å². The van der Waals surface area contributed by atoms with E-state index in [4.69, 9.17) is 5.11 Å². The molecule has 3 nitrogen and oxygen atoms in total. The number of hydrogen-bond donors (Lipinski definition) is 2. The Morgan fingerprint density at radius 2 is 1.94 bits per heavy atom. The number of thiazole rings is 1. The predicted octanol–water partition coefficient (Wildman–Crippen LogP) is 2.44. The van der Waals surface area contributed by atoms with Crippen LogP contribution >= 0.6 is 11.3 Å². The molecule has 1 aromatic heterocycles. The number of phenols is 1. The van der Waals surface area contributed by atoms with Crippen LogP contribution in [0, 0.1) is 0 Å². The molecule has 0 unspecified atom stereocenters. The van der Waals surface area contributed by atoms with E-state index in [1.807, 2.05) is 17.5 Å². The second kappa shape index (κ2) is 5.09. The van der Waals surface area contributed by atoms with Crippen LogP contribution < -0.4 is 0 Å². The number of aryl methyl sites for hydroxylation is 1. The van der Waals surface area contributed by atoms with Gasteiger partial charge in [-0.2, -0.15) is 0 Å². The van der Waals surface area contributed by atoms with E-state index < -0.39 is 0 Å².